The fourth-order valence-corrected chi connectivity index (χ4v) is 3.18. The number of amides is 1. The van der Waals surface area contributed by atoms with Crippen molar-refractivity contribution in [2.45, 2.75) is 20.8 Å². The maximum atomic E-state index is 13.8. The van der Waals surface area contributed by atoms with E-state index in [9.17, 15) is 31.5 Å². The Bertz CT molecular complexity index is 881. The van der Waals surface area contributed by atoms with E-state index in [1.54, 1.807) is 20.8 Å². The number of halogens is 5. The second kappa shape index (κ2) is 7.40. The van der Waals surface area contributed by atoms with Gasteiger partial charge in [-0.3, -0.25) is 4.79 Å². The second-order valence-electron chi connectivity index (χ2n) is 5.11. The average molecular weight is 393 g/mol. The minimum absolute atomic E-state index is 0.0399. The van der Waals surface area contributed by atoms with Crippen LogP contribution in [0.5, 0.6) is 0 Å². The van der Waals surface area contributed by atoms with Gasteiger partial charge in [-0.25, -0.2) is 26.7 Å². The minimum atomic E-state index is -2.37. The molecule has 2 aromatic rings. The quantitative estimate of drug-likeness (QED) is 0.360. The Morgan fingerprint density at radius 3 is 1.92 bits per heavy atom. The molecule has 2 rings (SSSR count). The van der Waals surface area contributed by atoms with E-state index >= 15 is 0 Å². The average Bonchev–Trinajstić information content (AvgIpc) is 2.85. The van der Waals surface area contributed by atoms with Crippen LogP contribution in [0, 0.1) is 42.9 Å². The molecule has 1 amide bonds. The number of benzene rings is 1. The third kappa shape index (κ3) is 3.28. The Hall–Kier alpha value is -2.49. The smallest absolute Gasteiger partial charge is 0.341 e. The summed E-state index contributed by atoms with van der Waals surface area (Å²) in [6.45, 7) is 4.78. The first-order valence-electron chi connectivity index (χ1n) is 7.21. The lowest BCUT2D eigenvalue weighted by molar-refractivity contribution is 0.0527. The van der Waals surface area contributed by atoms with Crippen LogP contribution in [-0.4, -0.2) is 18.5 Å². The third-order valence-electron chi connectivity index (χ3n) is 3.53. The van der Waals surface area contributed by atoms with Gasteiger partial charge in [0.1, 0.15) is 10.6 Å². The van der Waals surface area contributed by atoms with Crippen molar-refractivity contribution in [3.05, 3.63) is 50.7 Å². The molecule has 0 bridgehead atoms. The zero-order valence-electron chi connectivity index (χ0n) is 13.7. The molecule has 0 radical (unpaired) electrons. The normalized spacial score (nSPS) is 10.8. The zero-order chi connectivity index (χ0) is 19.8. The van der Waals surface area contributed by atoms with Crippen molar-refractivity contribution < 1.29 is 36.3 Å². The molecule has 0 atom stereocenters. The van der Waals surface area contributed by atoms with Crippen LogP contribution >= 0.6 is 11.3 Å². The lowest BCUT2D eigenvalue weighted by atomic mass is 10.1. The molecule has 1 N–H and O–H groups in total. The van der Waals surface area contributed by atoms with Crippen molar-refractivity contribution in [3.63, 3.8) is 0 Å². The van der Waals surface area contributed by atoms with Gasteiger partial charge < -0.3 is 10.1 Å². The number of thiophene rings is 1. The lowest BCUT2D eigenvalue weighted by Crippen LogP contribution is -2.20. The first-order valence-corrected chi connectivity index (χ1v) is 8.03. The Kier molecular flexibility index (Phi) is 5.65. The number of esters is 1. The van der Waals surface area contributed by atoms with Gasteiger partial charge in [0.05, 0.1) is 12.2 Å². The van der Waals surface area contributed by atoms with E-state index in [1.807, 2.05) is 5.32 Å². The highest BCUT2D eigenvalue weighted by Crippen LogP contribution is 2.34. The lowest BCUT2D eigenvalue weighted by Gasteiger charge is -2.10. The summed E-state index contributed by atoms with van der Waals surface area (Å²) < 4.78 is 72.0. The van der Waals surface area contributed by atoms with E-state index in [0.717, 1.165) is 11.3 Å². The highest BCUT2D eigenvalue weighted by molar-refractivity contribution is 7.16. The molecule has 0 fully saturated rings. The largest absolute Gasteiger partial charge is 0.462 e. The number of hydrogen-bond acceptors (Lipinski definition) is 4. The molecule has 0 unspecified atom stereocenters. The first-order chi connectivity index (χ1) is 12.1. The number of aryl methyl sites for hydroxylation is 1. The molecule has 0 aliphatic carbocycles. The number of carbonyl (C=O) groups is 2. The van der Waals surface area contributed by atoms with E-state index in [0.29, 0.717) is 10.4 Å². The van der Waals surface area contributed by atoms with Gasteiger partial charge in [-0.05, 0) is 26.3 Å². The summed E-state index contributed by atoms with van der Waals surface area (Å²) in [5.41, 5.74) is -1.23. The molecular formula is C16H12F5NO3S. The number of nitrogens with one attached hydrogen (secondary N) is 1. The predicted octanol–water partition coefficient (Wildman–Crippen LogP) is 4.49. The summed E-state index contributed by atoms with van der Waals surface area (Å²) in [6.07, 6.45) is 0. The van der Waals surface area contributed by atoms with Gasteiger partial charge >= 0.3 is 5.97 Å². The molecule has 140 valence electrons. The fourth-order valence-electron chi connectivity index (χ4n) is 2.13. The third-order valence-corrected chi connectivity index (χ3v) is 4.65. The minimum Gasteiger partial charge on any atom is -0.462 e. The van der Waals surface area contributed by atoms with Crippen LogP contribution in [-0.2, 0) is 4.74 Å². The highest BCUT2D eigenvalue weighted by Gasteiger charge is 2.31. The van der Waals surface area contributed by atoms with Gasteiger partial charge in [-0.15, -0.1) is 11.3 Å². The van der Waals surface area contributed by atoms with Crippen molar-refractivity contribution in [2.24, 2.45) is 0 Å². The van der Waals surface area contributed by atoms with Crippen molar-refractivity contribution >= 4 is 28.2 Å². The molecule has 26 heavy (non-hydrogen) atoms. The second-order valence-corrected chi connectivity index (χ2v) is 6.33. The van der Waals surface area contributed by atoms with Crippen LogP contribution in [0.3, 0.4) is 0 Å². The summed E-state index contributed by atoms with van der Waals surface area (Å²) in [4.78, 5) is 24.8. The molecule has 4 nitrogen and oxygen atoms in total. The molecular weight excluding hydrogens is 381 g/mol. The number of rotatable bonds is 4. The summed E-state index contributed by atoms with van der Waals surface area (Å²) in [7, 11) is 0. The summed E-state index contributed by atoms with van der Waals surface area (Å²) >= 11 is 0.902. The summed E-state index contributed by atoms with van der Waals surface area (Å²) in [6, 6.07) is 0. The van der Waals surface area contributed by atoms with Gasteiger partial charge in [0, 0.05) is 4.88 Å². The van der Waals surface area contributed by atoms with Crippen LogP contribution in [0.2, 0.25) is 0 Å². The molecule has 1 heterocycles. The van der Waals surface area contributed by atoms with E-state index in [2.05, 4.69) is 0 Å². The van der Waals surface area contributed by atoms with Crippen molar-refractivity contribution in [2.75, 3.05) is 11.9 Å². The Morgan fingerprint density at radius 2 is 1.42 bits per heavy atom. The van der Waals surface area contributed by atoms with Crippen LogP contribution < -0.4 is 5.32 Å². The van der Waals surface area contributed by atoms with E-state index in [1.165, 1.54) is 0 Å². The van der Waals surface area contributed by atoms with E-state index in [-0.39, 0.29) is 17.2 Å². The maximum Gasteiger partial charge on any atom is 0.341 e. The fraction of sp³-hybridized carbons (Fsp3) is 0.250. The molecule has 0 saturated carbocycles. The van der Waals surface area contributed by atoms with Crippen molar-refractivity contribution in [3.8, 4) is 0 Å². The SMILES string of the molecule is CCOC(=O)c1c(NC(=O)c2c(F)c(F)c(F)c(F)c2F)sc(C)c1C. The first kappa shape index (κ1) is 19.8. The van der Waals surface area contributed by atoms with Gasteiger partial charge in [0.25, 0.3) is 5.91 Å². The molecule has 1 aromatic carbocycles. The standard InChI is InChI=1S/C16H12F5NO3S/c1-4-25-16(24)7-5(2)6(3)26-15(7)22-14(23)8-9(17)11(19)13(21)12(20)10(8)18/h4H2,1-3H3,(H,22,23). The van der Waals surface area contributed by atoms with Gasteiger partial charge in [0.2, 0.25) is 5.82 Å². The zero-order valence-corrected chi connectivity index (χ0v) is 14.5. The van der Waals surface area contributed by atoms with Crippen LogP contribution in [0.15, 0.2) is 0 Å². The molecule has 10 heteroatoms. The topological polar surface area (TPSA) is 55.4 Å². The van der Waals surface area contributed by atoms with Crippen molar-refractivity contribution in [1.82, 2.24) is 0 Å². The Morgan fingerprint density at radius 1 is 0.923 bits per heavy atom. The van der Waals surface area contributed by atoms with E-state index < -0.39 is 46.5 Å². The summed E-state index contributed by atoms with van der Waals surface area (Å²) in [5.74, 6) is -13.7. The van der Waals surface area contributed by atoms with Crippen LogP contribution in [0.4, 0.5) is 27.0 Å². The molecule has 0 spiro atoms. The van der Waals surface area contributed by atoms with Gasteiger partial charge in [-0.1, -0.05) is 0 Å². The Balaban J connectivity index is 2.50. The number of carbonyl (C=O) groups excluding carboxylic acids is 2. The van der Waals surface area contributed by atoms with Crippen molar-refractivity contribution in [1.29, 1.82) is 0 Å². The summed E-state index contributed by atoms with van der Waals surface area (Å²) in [5, 5.41) is 1.91. The number of anilines is 1. The van der Waals surface area contributed by atoms with Crippen LogP contribution in [0.1, 0.15) is 38.1 Å². The maximum absolute atomic E-state index is 13.8. The van der Waals surface area contributed by atoms with Gasteiger partial charge in [0.15, 0.2) is 23.3 Å². The predicted molar refractivity (Wildman–Crippen MR) is 83.9 cm³/mol. The molecule has 0 aliphatic heterocycles. The molecule has 0 aliphatic rings. The Labute approximate surface area is 148 Å². The van der Waals surface area contributed by atoms with Gasteiger partial charge in [-0.2, -0.15) is 0 Å². The van der Waals surface area contributed by atoms with E-state index in [4.69, 9.17) is 4.74 Å². The number of hydrogen-bond donors (Lipinski definition) is 1. The molecule has 1 aromatic heterocycles. The molecule has 0 saturated heterocycles. The number of ether oxygens (including phenoxy) is 1. The van der Waals surface area contributed by atoms with Crippen LogP contribution in [0.25, 0.3) is 0 Å². The monoisotopic (exact) mass is 393 g/mol. The highest BCUT2D eigenvalue weighted by atomic mass is 32.1.